The fourth-order valence-corrected chi connectivity index (χ4v) is 2.15. The summed E-state index contributed by atoms with van der Waals surface area (Å²) in [6, 6.07) is 3.17. The number of hydrogen-bond acceptors (Lipinski definition) is 3. The third-order valence-corrected chi connectivity index (χ3v) is 3.16. The molecular weight excluding hydrogens is 220 g/mol. The molecule has 0 radical (unpaired) electrons. The van der Waals surface area contributed by atoms with Crippen LogP contribution in [0.5, 0.6) is 0 Å². The second-order valence-corrected chi connectivity index (χ2v) is 4.44. The van der Waals surface area contributed by atoms with E-state index in [1.54, 1.807) is 4.90 Å². The average Bonchev–Trinajstić information content (AvgIpc) is 2.80. The highest BCUT2D eigenvalue weighted by Gasteiger charge is 2.21. The summed E-state index contributed by atoms with van der Waals surface area (Å²) in [6.45, 7) is 2.99. The van der Waals surface area contributed by atoms with E-state index in [1.165, 1.54) is 11.3 Å². The molecule has 16 heavy (non-hydrogen) atoms. The highest BCUT2D eigenvalue weighted by Crippen LogP contribution is 2.18. The summed E-state index contributed by atoms with van der Waals surface area (Å²) in [5.41, 5.74) is 5.90. The number of nitrogens with two attached hydrogens (primary N) is 1. The lowest BCUT2D eigenvalue weighted by Gasteiger charge is -2.22. The Labute approximate surface area is 100 Å². The maximum atomic E-state index is 12.0. The number of carbonyl (C=O) groups excluding carboxylic acids is 1. The van der Waals surface area contributed by atoms with Crippen molar-refractivity contribution in [2.45, 2.75) is 19.4 Å². The highest BCUT2D eigenvalue weighted by atomic mass is 32.1. The van der Waals surface area contributed by atoms with Crippen LogP contribution in [0.4, 0.5) is 0 Å². The fourth-order valence-electron chi connectivity index (χ4n) is 1.43. The number of terminal acetylenes is 1. The predicted molar refractivity (Wildman–Crippen MR) is 67.0 cm³/mol. The molecule has 0 spiro atoms. The molecule has 1 unspecified atom stereocenters. The van der Waals surface area contributed by atoms with E-state index in [9.17, 15) is 4.79 Å². The minimum Gasteiger partial charge on any atom is -0.330 e. The molecule has 1 rings (SSSR count). The Kier molecular flexibility index (Phi) is 5.03. The largest absolute Gasteiger partial charge is 0.330 e. The number of nitrogens with zero attached hydrogens (tertiary/aromatic N) is 1. The molecular formula is C12H16N2OS. The van der Waals surface area contributed by atoms with Gasteiger partial charge in [0.1, 0.15) is 6.04 Å². The average molecular weight is 236 g/mol. The van der Waals surface area contributed by atoms with Gasteiger partial charge in [-0.15, -0.1) is 17.8 Å². The summed E-state index contributed by atoms with van der Waals surface area (Å²) in [5, 5.41) is 1.91. The van der Waals surface area contributed by atoms with Crippen LogP contribution in [-0.2, 0) is 4.79 Å². The van der Waals surface area contributed by atoms with Crippen molar-refractivity contribution >= 4 is 17.2 Å². The SMILES string of the molecule is C#CCN(CCC)C(=O)C(N)c1cccs1. The maximum absolute atomic E-state index is 12.0. The van der Waals surface area contributed by atoms with Gasteiger partial charge in [0.05, 0.1) is 6.54 Å². The van der Waals surface area contributed by atoms with E-state index in [2.05, 4.69) is 5.92 Å². The standard InChI is InChI=1S/C12H16N2OS/c1-3-7-14(8-4-2)12(15)11(13)10-6-5-9-16-10/h1,5-6,9,11H,4,7-8,13H2,2H3. The first-order valence-corrected chi connectivity index (χ1v) is 6.10. The van der Waals surface area contributed by atoms with Crippen molar-refractivity contribution in [3.63, 3.8) is 0 Å². The molecule has 4 heteroatoms. The second-order valence-electron chi connectivity index (χ2n) is 3.46. The Morgan fingerprint density at radius 3 is 3.00 bits per heavy atom. The van der Waals surface area contributed by atoms with Gasteiger partial charge in [-0.2, -0.15) is 0 Å². The molecule has 0 saturated carbocycles. The van der Waals surface area contributed by atoms with Crippen LogP contribution in [0.2, 0.25) is 0 Å². The van der Waals surface area contributed by atoms with Crippen molar-refractivity contribution in [2.75, 3.05) is 13.1 Å². The summed E-state index contributed by atoms with van der Waals surface area (Å²) in [5.74, 6) is 2.39. The fraction of sp³-hybridized carbons (Fsp3) is 0.417. The van der Waals surface area contributed by atoms with E-state index >= 15 is 0 Å². The van der Waals surface area contributed by atoms with E-state index in [1.807, 2.05) is 24.4 Å². The zero-order chi connectivity index (χ0) is 12.0. The molecule has 0 bridgehead atoms. The molecule has 1 amide bonds. The normalized spacial score (nSPS) is 11.8. The van der Waals surface area contributed by atoms with Gasteiger partial charge in [-0.05, 0) is 17.9 Å². The van der Waals surface area contributed by atoms with E-state index < -0.39 is 6.04 Å². The lowest BCUT2D eigenvalue weighted by atomic mass is 10.2. The smallest absolute Gasteiger partial charge is 0.245 e. The molecule has 0 aliphatic heterocycles. The van der Waals surface area contributed by atoms with Crippen LogP contribution in [0.25, 0.3) is 0 Å². The van der Waals surface area contributed by atoms with Crippen molar-refractivity contribution in [1.82, 2.24) is 4.90 Å². The summed E-state index contributed by atoms with van der Waals surface area (Å²) < 4.78 is 0. The first kappa shape index (κ1) is 12.8. The zero-order valence-electron chi connectivity index (χ0n) is 9.35. The zero-order valence-corrected chi connectivity index (χ0v) is 10.2. The van der Waals surface area contributed by atoms with E-state index in [0.29, 0.717) is 13.1 Å². The quantitative estimate of drug-likeness (QED) is 0.790. The number of amides is 1. The second kappa shape index (κ2) is 6.31. The lowest BCUT2D eigenvalue weighted by molar-refractivity contribution is -0.132. The Bertz CT molecular complexity index is 367. The molecule has 0 fully saturated rings. The van der Waals surface area contributed by atoms with Gasteiger partial charge in [-0.3, -0.25) is 4.79 Å². The van der Waals surface area contributed by atoms with Crippen molar-refractivity contribution in [2.24, 2.45) is 5.73 Å². The first-order chi connectivity index (χ1) is 7.70. The molecule has 86 valence electrons. The number of carbonyl (C=O) groups is 1. The third-order valence-electron chi connectivity index (χ3n) is 2.20. The number of rotatable bonds is 5. The van der Waals surface area contributed by atoms with Gasteiger partial charge in [0.15, 0.2) is 0 Å². The van der Waals surface area contributed by atoms with Crippen molar-refractivity contribution in [3.8, 4) is 12.3 Å². The van der Waals surface area contributed by atoms with Gasteiger partial charge in [0.25, 0.3) is 0 Å². The molecule has 0 saturated heterocycles. The monoisotopic (exact) mass is 236 g/mol. The Morgan fingerprint density at radius 1 is 1.75 bits per heavy atom. The summed E-state index contributed by atoms with van der Waals surface area (Å²) in [7, 11) is 0. The molecule has 2 N–H and O–H groups in total. The molecule has 1 heterocycles. The molecule has 3 nitrogen and oxygen atoms in total. The van der Waals surface area contributed by atoms with Crippen molar-refractivity contribution in [3.05, 3.63) is 22.4 Å². The Hall–Kier alpha value is -1.31. The minimum absolute atomic E-state index is 0.0951. The van der Waals surface area contributed by atoms with Crippen molar-refractivity contribution in [1.29, 1.82) is 0 Å². The van der Waals surface area contributed by atoms with E-state index in [0.717, 1.165) is 11.3 Å². The van der Waals surface area contributed by atoms with Gasteiger partial charge >= 0.3 is 0 Å². The van der Waals surface area contributed by atoms with E-state index in [4.69, 9.17) is 12.2 Å². The molecule has 1 aromatic rings. The third kappa shape index (κ3) is 3.09. The molecule has 0 aliphatic rings. The predicted octanol–water partition coefficient (Wildman–Crippen LogP) is 1.62. The van der Waals surface area contributed by atoms with Crippen LogP contribution in [0.1, 0.15) is 24.3 Å². The van der Waals surface area contributed by atoms with Gasteiger partial charge < -0.3 is 10.6 Å². The lowest BCUT2D eigenvalue weighted by Crippen LogP contribution is -2.39. The topological polar surface area (TPSA) is 46.3 Å². The Morgan fingerprint density at radius 2 is 2.50 bits per heavy atom. The van der Waals surface area contributed by atoms with Crippen LogP contribution >= 0.6 is 11.3 Å². The maximum Gasteiger partial charge on any atom is 0.245 e. The van der Waals surface area contributed by atoms with Gasteiger partial charge in [-0.25, -0.2) is 0 Å². The van der Waals surface area contributed by atoms with E-state index in [-0.39, 0.29) is 5.91 Å². The minimum atomic E-state index is -0.583. The summed E-state index contributed by atoms with van der Waals surface area (Å²) >= 11 is 1.49. The van der Waals surface area contributed by atoms with Crippen LogP contribution in [-0.4, -0.2) is 23.9 Å². The van der Waals surface area contributed by atoms with Gasteiger partial charge in [-0.1, -0.05) is 18.9 Å². The summed E-state index contributed by atoms with van der Waals surface area (Å²) in [6.07, 6.45) is 6.11. The van der Waals surface area contributed by atoms with Crippen LogP contribution in [0.3, 0.4) is 0 Å². The molecule has 0 aromatic carbocycles. The molecule has 0 aliphatic carbocycles. The first-order valence-electron chi connectivity index (χ1n) is 5.22. The van der Waals surface area contributed by atoms with Crippen LogP contribution in [0.15, 0.2) is 17.5 Å². The van der Waals surface area contributed by atoms with Gasteiger partial charge in [0, 0.05) is 11.4 Å². The van der Waals surface area contributed by atoms with Gasteiger partial charge in [0.2, 0.25) is 5.91 Å². The molecule has 1 aromatic heterocycles. The van der Waals surface area contributed by atoms with Crippen LogP contribution < -0.4 is 5.73 Å². The number of thiophene rings is 1. The van der Waals surface area contributed by atoms with Crippen molar-refractivity contribution < 1.29 is 4.79 Å². The molecule has 1 atom stereocenters. The highest BCUT2D eigenvalue weighted by molar-refractivity contribution is 7.10. The van der Waals surface area contributed by atoms with Crippen LogP contribution in [0, 0.1) is 12.3 Å². The summed E-state index contributed by atoms with van der Waals surface area (Å²) in [4.78, 5) is 14.5. The number of hydrogen-bond donors (Lipinski definition) is 1. The Balaban J connectivity index is 2.71.